The van der Waals surface area contributed by atoms with E-state index in [0.29, 0.717) is 11.6 Å². The van der Waals surface area contributed by atoms with Crippen molar-refractivity contribution >= 4 is 28.8 Å². The van der Waals surface area contributed by atoms with Crippen LogP contribution in [0.2, 0.25) is 0 Å². The molecule has 0 atom stereocenters. The molecule has 0 aliphatic heterocycles. The van der Waals surface area contributed by atoms with Crippen molar-refractivity contribution in [1.29, 1.82) is 0 Å². The third-order valence-corrected chi connectivity index (χ3v) is 6.96. The predicted molar refractivity (Wildman–Crippen MR) is 150 cm³/mol. The molecule has 0 bridgehead atoms. The molecule has 5 rings (SSSR count). The number of carbonyl (C=O) groups excluding carboxylic acids is 1. The van der Waals surface area contributed by atoms with Crippen molar-refractivity contribution in [2.75, 3.05) is 11.9 Å². The average Bonchev–Trinajstić information content (AvgIpc) is 3.51. The molecule has 1 fully saturated rings. The first-order valence-electron chi connectivity index (χ1n) is 13.3. The number of fused-ring (bicyclic) bond motifs is 1. The first-order valence-corrected chi connectivity index (χ1v) is 13.3. The lowest BCUT2D eigenvalue weighted by Crippen LogP contribution is -2.34. The molecule has 0 unspecified atom stereocenters. The van der Waals surface area contributed by atoms with Crippen LogP contribution in [0.4, 0.5) is 10.6 Å². The van der Waals surface area contributed by atoms with Crippen LogP contribution in [0.3, 0.4) is 0 Å². The van der Waals surface area contributed by atoms with E-state index in [2.05, 4.69) is 10.1 Å². The van der Waals surface area contributed by atoms with Gasteiger partial charge in [0.15, 0.2) is 0 Å². The number of nitrogens with zero attached hydrogens (tertiary/aromatic N) is 6. The number of carboxylic acid groups (broad SMARTS) is 1. The predicted octanol–water partition coefficient (Wildman–Crippen LogP) is 5.46. The van der Waals surface area contributed by atoms with Gasteiger partial charge >= 0.3 is 12.1 Å². The Labute approximate surface area is 232 Å². The monoisotopic (exact) mass is 546 g/mol. The standard InChI is InChI=1S/C29H34N6O5/c1-29(2,3)40-28(38)34(5)25-14-24-23(16-30-25)26(19-15-31-33(4)17-19)32-35(24)20-8-12-22(13-9-20)39-21-10-6-18(7-11-21)27(36)37/h6-7,10-11,14-17,20,22H,8-9,12-13H2,1-5H3,(H,36,37). The fourth-order valence-electron chi connectivity index (χ4n) is 4.94. The van der Waals surface area contributed by atoms with Gasteiger partial charge in [-0.15, -0.1) is 0 Å². The summed E-state index contributed by atoms with van der Waals surface area (Å²) in [7, 11) is 3.52. The number of benzene rings is 1. The minimum atomic E-state index is -0.959. The summed E-state index contributed by atoms with van der Waals surface area (Å²) in [6.07, 6.45) is 8.36. The van der Waals surface area contributed by atoms with Crippen molar-refractivity contribution in [1.82, 2.24) is 24.5 Å². The van der Waals surface area contributed by atoms with E-state index in [1.165, 1.54) is 4.90 Å². The number of hydrogen-bond acceptors (Lipinski definition) is 7. The number of aromatic nitrogens is 5. The second-order valence-electron chi connectivity index (χ2n) is 11.2. The Balaban J connectivity index is 1.40. The molecule has 3 aromatic heterocycles. The van der Waals surface area contributed by atoms with Gasteiger partial charge < -0.3 is 14.6 Å². The number of hydrogen-bond donors (Lipinski definition) is 1. The molecule has 0 saturated heterocycles. The average molecular weight is 547 g/mol. The van der Waals surface area contributed by atoms with Crippen molar-refractivity contribution in [2.24, 2.45) is 7.05 Å². The normalized spacial score (nSPS) is 17.5. The van der Waals surface area contributed by atoms with Crippen molar-refractivity contribution < 1.29 is 24.2 Å². The van der Waals surface area contributed by atoms with E-state index in [-0.39, 0.29) is 17.7 Å². The number of aromatic carboxylic acids is 1. The summed E-state index contributed by atoms with van der Waals surface area (Å²) >= 11 is 0. The van der Waals surface area contributed by atoms with Crippen LogP contribution in [0.5, 0.6) is 5.75 Å². The summed E-state index contributed by atoms with van der Waals surface area (Å²) in [6, 6.07) is 8.53. The lowest BCUT2D eigenvalue weighted by Gasteiger charge is -2.29. The molecule has 0 radical (unpaired) electrons. The van der Waals surface area contributed by atoms with Crippen molar-refractivity contribution in [3.63, 3.8) is 0 Å². The molecule has 40 heavy (non-hydrogen) atoms. The molecule has 1 aliphatic rings. The maximum Gasteiger partial charge on any atom is 0.415 e. The Morgan fingerprint density at radius 1 is 1.07 bits per heavy atom. The zero-order valence-electron chi connectivity index (χ0n) is 23.4. The number of pyridine rings is 1. The molecule has 3 heterocycles. The van der Waals surface area contributed by atoms with Crippen LogP contribution in [0.15, 0.2) is 48.9 Å². The third kappa shape index (κ3) is 5.78. The second-order valence-corrected chi connectivity index (χ2v) is 11.2. The van der Waals surface area contributed by atoms with E-state index in [1.54, 1.807) is 48.4 Å². The molecule has 210 valence electrons. The first-order chi connectivity index (χ1) is 19.0. The number of rotatable bonds is 6. The molecule has 1 aromatic carbocycles. The maximum atomic E-state index is 12.7. The summed E-state index contributed by atoms with van der Waals surface area (Å²) in [5.74, 6) is 0.181. The number of carboxylic acids is 1. The zero-order chi connectivity index (χ0) is 28.6. The fourth-order valence-corrected chi connectivity index (χ4v) is 4.94. The van der Waals surface area contributed by atoms with Gasteiger partial charge in [0.1, 0.15) is 22.9 Å². The Kier molecular flexibility index (Phi) is 7.22. The number of aryl methyl sites for hydroxylation is 1. The van der Waals surface area contributed by atoms with Gasteiger partial charge in [0.25, 0.3) is 0 Å². The highest BCUT2D eigenvalue weighted by Gasteiger charge is 2.28. The maximum absolute atomic E-state index is 12.7. The van der Waals surface area contributed by atoms with Crippen molar-refractivity contribution in [2.45, 2.75) is 64.2 Å². The fraction of sp³-hybridized carbons (Fsp3) is 0.414. The number of ether oxygens (including phenoxy) is 2. The van der Waals surface area contributed by atoms with E-state index in [9.17, 15) is 9.59 Å². The minimum absolute atomic E-state index is 0.0297. The van der Waals surface area contributed by atoms with E-state index in [1.807, 2.05) is 44.8 Å². The molecule has 0 spiro atoms. The van der Waals surface area contributed by atoms with E-state index < -0.39 is 17.7 Å². The van der Waals surface area contributed by atoms with Gasteiger partial charge in [0.05, 0.1) is 29.4 Å². The van der Waals surface area contributed by atoms with Crippen LogP contribution < -0.4 is 9.64 Å². The molecular weight excluding hydrogens is 512 g/mol. The number of carbonyl (C=O) groups is 2. The van der Waals surface area contributed by atoms with Gasteiger partial charge in [0, 0.05) is 43.5 Å². The van der Waals surface area contributed by atoms with Gasteiger partial charge in [-0.1, -0.05) is 0 Å². The molecule has 11 heteroatoms. The molecule has 1 N–H and O–H groups in total. The van der Waals surface area contributed by atoms with Gasteiger partial charge in [-0.05, 0) is 70.7 Å². The first kappa shape index (κ1) is 27.2. The van der Waals surface area contributed by atoms with Crippen molar-refractivity contribution in [3.05, 3.63) is 54.5 Å². The van der Waals surface area contributed by atoms with Gasteiger partial charge in [-0.2, -0.15) is 10.2 Å². The smallest absolute Gasteiger partial charge is 0.415 e. The number of anilines is 1. The van der Waals surface area contributed by atoms with Crippen LogP contribution in [-0.2, 0) is 11.8 Å². The Hall–Kier alpha value is -4.41. The minimum Gasteiger partial charge on any atom is -0.490 e. The summed E-state index contributed by atoms with van der Waals surface area (Å²) < 4.78 is 15.5. The third-order valence-electron chi connectivity index (χ3n) is 6.96. The molecular formula is C29H34N6O5. The Morgan fingerprint density at radius 3 is 2.38 bits per heavy atom. The molecule has 1 aliphatic carbocycles. The largest absolute Gasteiger partial charge is 0.490 e. The van der Waals surface area contributed by atoms with Crippen LogP contribution in [0, 0.1) is 0 Å². The summed E-state index contributed by atoms with van der Waals surface area (Å²) in [4.78, 5) is 29.8. The lowest BCUT2D eigenvalue weighted by atomic mass is 9.93. The van der Waals surface area contributed by atoms with Crippen LogP contribution in [0.25, 0.3) is 22.2 Å². The Bertz CT molecular complexity index is 1530. The highest BCUT2D eigenvalue weighted by atomic mass is 16.6. The zero-order valence-corrected chi connectivity index (χ0v) is 23.4. The van der Waals surface area contributed by atoms with E-state index in [0.717, 1.165) is 47.8 Å². The van der Waals surface area contributed by atoms with Gasteiger partial charge in [-0.3, -0.25) is 14.3 Å². The van der Waals surface area contributed by atoms with Gasteiger partial charge in [0.2, 0.25) is 0 Å². The van der Waals surface area contributed by atoms with Crippen molar-refractivity contribution in [3.8, 4) is 17.0 Å². The summed E-state index contributed by atoms with van der Waals surface area (Å²) in [6.45, 7) is 5.49. The Morgan fingerprint density at radius 2 is 1.77 bits per heavy atom. The van der Waals surface area contributed by atoms with Crippen LogP contribution >= 0.6 is 0 Å². The highest BCUT2D eigenvalue weighted by molar-refractivity contribution is 5.96. The lowest BCUT2D eigenvalue weighted by molar-refractivity contribution is 0.0587. The number of amides is 1. The topological polar surface area (TPSA) is 125 Å². The highest BCUT2D eigenvalue weighted by Crippen LogP contribution is 2.37. The SMILES string of the molecule is CN(C(=O)OC(C)(C)C)c1cc2c(cn1)c(-c1cnn(C)c1)nn2C1CCC(Oc2ccc(C(=O)O)cc2)CC1. The summed E-state index contributed by atoms with van der Waals surface area (Å²) in [5, 5.41) is 19.3. The molecule has 11 nitrogen and oxygen atoms in total. The quantitative estimate of drug-likeness (QED) is 0.338. The summed E-state index contributed by atoms with van der Waals surface area (Å²) in [5.41, 5.74) is 2.18. The van der Waals surface area contributed by atoms with Crippen LogP contribution in [0.1, 0.15) is 62.9 Å². The second kappa shape index (κ2) is 10.6. The van der Waals surface area contributed by atoms with E-state index >= 15 is 0 Å². The van der Waals surface area contributed by atoms with Gasteiger partial charge in [-0.25, -0.2) is 14.6 Å². The molecule has 1 amide bonds. The molecule has 1 saturated carbocycles. The van der Waals surface area contributed by atoms with Crippen LogP contribution in [-0.4, -0.2) is 60.5 Å². The molecule has 4 aromatic rings. The van der Waals surface area contributed by atoms with E-state index in [4.69, 9.17) is 19.7 Å².